The highest BCUT2D eigenvalue weighted by atomic mass is 16.5. The van der Waals surface area contributed by atoms with E-state index in [0.717, 1.165) is 0 Å². The minimum atomic E-state index is -0.480. The number of carbonyl (C=O) groups is 1. The molecule has 0 aliphatic carbocycles. The molecule has 5 nitrogen and oxygen atoms in total. The molecule has 0 amide bonds. The standard InChI is InChI=1S/C6H8N2O3/c1-10-6(9)4-3-8-11-5(4)2-7/h3H,2,7H2,1H3. The second-order valence-corrected chi connectivity index (χ2v) is 1.86. The van der Waals surface area contributed by atoms with Crippen molar-refractivity contribution in [3.63, 3.8) is 0 Å². The van der Waals surface area contributed by atoms with E-state index < -0.39 is 5.97 Å². The lowest BCUT2D eigenvalue weighted by molar-refractivity contribution is 0.0598. The van der Waals surface area contributed by atoms with Crippen molar-refractivity contribution in [2.75, 3.05) is 7.11 Å². The molecule has 0 radical (unpaired) electrons. The van der Waals surface area contributed by atoms with E-state index in [1.807, 2.05) is 0 Å². The van der Waals surface area contributed by atoms with E-state index in [0.29, 0.717) is 5.76 Å². The first-order valence-corrected chi connectivity index (χ1v) is 3.01. The van der Waals surface area contributed by atoms with Gasteiger partial charge < -0.3 is 15.0 Å². The Morgan fingerprint density at radius 2 is 2.64 bits per heavy atom. The van der Waals surface area contributed by atoms with Crippen molar-refractivity contribution in [2.45, 2.75) is 6.54 Å². The van der Waals surface area contributed by atoms with Gasteiger partial charge in [-0.1, -0.05) is 5.16 Å². The second-order valence-electron chi connectivity index (χ2n) is 1.86. The Kier molecular flexibility index (Phi) is 2.22. The third-order valence-corrected chi connectivity index (χ3v) is 1.24. The molecule has 0 saturated carbocycles. The smallest absolute Gasteiger partial charge is 0.343 e. The highest BCUT2D eigenvalue weighted by Gasteiger charge is 2.14. The van der Waals surface area contributed by atoms with Crippen LogP contribution < -0.4 is 5.73 Å². The summed E-state index contributed by atoms with van der Waals surface area (Å²) in [7, 11) is 1.29. The molecule has 5 heteroatoms. The van der Waals surface area contributed by atoms with Crippen molar-refractivity contribution in [3.05, 3.63) is 17.5 Å². The summed E-state index contributed by atoms with van der Waals surface area (Å²) in [6.45, 7) is 0.143. The molecule has 0 aliphatic heterocycles. The minimum absolute atomic E-state index is 0.143. The molecule has 1 rings (SSSR count). The number of nitrogens with zero attached hydrogens (tertiary/aromatic N) is 1. The summed E-state index contributed by atoms with van der Waals surface area (Å²) in [5.41, 5.74) is 5.53. The summed E-state index contributed by atoms with van der Waals surface area (Å²) in [6.07, 6.45) is 1.29. The van der Waals surface area contributed by atoms with Crippen LogP contribution in [0.4, 0.5) is 0 Å². The summed E-state index contributed by atoms with van der Waals surface area (Å²) in [4.78, 5) is 10.9. The highest BCUT2D eigenvalue weighted by Crippen LogP contribution is 2.07. The predicted octanol–water partition coefficient (Wildman–Crippen LogP) is -0.0801. The molecule has 1 aromatic rings. The number of hydrogen-bond donors (Lipinski definition) is 1. The summed E-state index contributed by atoms with van der Waals surface area (Å²) in [5.74, 6) is -0.136. The monoisotopic (exact) mass is 156 g/mol. The first kappa shape index (κ1) is 7.74. The van der Waals surface area contributed by atoms with Crippen LogP contribution in [-0.2, 0) is 11.3 Å². The van der Waals surface area contributed by atoms with Gasteiger partial charge in [0.05, 0.1) is 19.9 Å². The maximum absolute atomic E-state index is 10.9. The third-order valence-electron chi connectivity index (χ3n) is 1.24. The van der Waals surface area contributed by atoms with Gasteiger partial charge in [-0.25, -0.2) is 4.79 Å². The van der Waals surface area contributed by atoms with E-state index in [4.69, 9.17) is 5.73 Å². The van der Waals surface area contributed by atoms with Gasteiger partial charge in [0.25, 0.3) is 0 Å². The molecule has 2 N–H and O–H groups in total. The van der Waals surface area contributed by atoms with Crippen molar-refractivity contribution in [1.82, 2.24) is 5.16 Å². The molecule has 0 aromatic carbocycles. The summed E-state index contributed by atoms with van der Waals surface area (Å²) in [5, 5.41) is 3.41. The van der Waals surface area contributed by atoms with Crippen molar-refractivity contribution in [2.24, 2.45) is 5.73 Å². The van der Waals surface area contributed by atoms with E-state index in [1.54, 1.807) is 0 Å². The molecule has 11 heavy (non-hydrogen) atoms. The van der Waals surface area contributed by atoms with E-state index in [1.165, 1.54) is 13.3 Å². The maximum atomic E-state index is 10.9. The van der Waals surface area contributed by atoms with Crippen LogP contribution in [0, 0.1) is 0 Å². The number of methoxy groups -OCH3 is 1. The van der Waals surface area contributed by atoms with Gasteiger partial charge in [-0.05, 0) is 0 Å². The topological polar surface area (TPSA) is 78.3 Å². The predicted molar refractivity (Wildman–Crippen MR) is 35.7 cm³/mol. The summed E-state index contributed by atoms with van der Waals surface area (Å²) in [6, 6.07) is 0. The van der Waals surface area contributed by atoms with Crippen LogP contribution in [0.3, 0.4) is 0 Å². The SMILES string of the molecule is COC(=O)c1cnoc1CN. The van der Waals surface area contributed by atoms with Gasteiger partial charge in [0.2, 0.25) is 0 Å². The average Bonchev–Trinajstić information content (AvgIpc) is 2.50. The lowest BCUT2D eigenvalue weighted by atomic mass is 10.3. The fourth-order valence-corrected chi connectivity index (χ4v) is 0.688. The first-order chi connectivity index (χ1) is 5.29. The first-order valence-electron chi connectivity index (χ1n) is 3.01. The summed E-state index contributed by atoms with van der Waals surface area (Å²) < 4.78 is 9.10. The Morgan fingerprint density at radius 1 is 1.91 bits per heavy atom. The molecule has 0 aliphatic rings. The van der Waals surface area contributed by atoms with Gasteiger partial charge in [0.1, 0.15) is 5.56 Å². The third kappa shape index (κ3) is 1.38. The Labute approximate surface area is 63.1 Å². The average molecular weight is 156 g/mol. The Hall–Kier alpha value is -1.36. The van der Waals surface area contributed by atoms with Crippen molar-refractivity contribution >= 4 is 5.97 Å². The van der Waals surface area contributed by atoms with Gasteiger partial charge in [0.15, 0.2) is 5.76 Å². The zero-order chi connectivity index (χ0) is 8.27. The van der Waals surface area contributed by atoms with Crippen LogP contribution in [0.2, 0.25) is 0 Å². The lowest BCUT2D eigenvalue weighted by Crippen LogP contribution is -2.05. The zero-order valence-electron chi connectivity index (χ0n) is 6.03. The second kappa shape index (κ2) is 3.16. The zero-order valence-corrected chi connectivity index (χ0v) is 6.03. The molecule has 0 unspecified atom stereocenters. The molecule has 1 aromatic heterocycles. The minimum Gasteiger partial charge on any atom is -0.465 e. The van der Waals surface area contributed by atoms with Gasteiger partial charge in [-0.3, -0.25) is 0 Å². The number of aromatic nitrogens is 1. The molecule has 0 fully saturated rings. The fourth-order valence-electron chi connectivity index (χ4n) is 0.688. The number of rotatable bonds is 2. The molecule has 0 bridgehead atoms. The Balaban J connectivity index is 2.92. The molecule has 60 valence electrons. The van der Waals surface area contributed by atoms with Gasteiger partial charge in [-0.15, -0.1) is 0 Å². The normalized spacial score (nSPS) is 9.64. The van der Waals surface area contributed by atoms with Crippen molar-refractivity contribution in [3.8, 4) is 0 Å². The van der Waals surface area contributed by atoms with Crippen LogP contribution in [0.1, 0.15) is 16.1 Å². The molecular formula is C6H8N2O3. The quantitative estimate of drug-likeness (QED) is 0.606. The van der Waals surface area contributed by atoms with Gasteiger partial charge >= 0.3 is 5.97 Å². The molecule has 0 spiro atoms. The number of carbonyl (C=O) groups excluding carboxylic acids is 1. The van der Waals surface area contributed by atoms with Crippen LogP contribution in [-0.4, -0.2) is 18.2 Å². The number of hydrogen-bond acceptors (Lipinski definition) is 5. The van der Waals surface area contributed by atoms with E-state index in [2.05, 4.69) is 14.4 Å². The molecular weight excluding hydrogens is 148 g/mol. The number of esters is 1. The van der Waals surface area contributed by atoms with E-state index in [9.17, 15) is 4.79 Å². The Bertz CT molecular complexity index is 256. The summed E-state index contributed by atoms with van der Waals surface area (Å²) >= 11 is 0. The molecule has 0 saturated heterocycles. The van der Waals surface area contributed by atoms with Crippen LogP contribution in [0.15, 0.2) is 10.7 Å². The largest absolute Gasteiger partial charge is 0.465 e. The fraction of sp³-hybridized carbons (Fsp3) is 0.333. The van der Waals surface area contributed by atoms with Crippen molar-refractivity contribution < 1.29 is 14.1 Å². The van der Waals surface area contributed by atoms with Crippen LogP contribution >= 0.6 is 0 Å². The maximum Gasteiger partial charge on any atom is 0.343 e. The van der Waals surface area contributed by atoms with Gasteiger partial charge in [-0.2, -0.15) is 0 Å². The highest BCUT2D eigenvalue weighted by molar-refractivity contribution is 5.89. The molecule has 1 heterocycles. The lowest BCUT2D eigenvalue weighted by Gasteiger charge is -1.94. The van der Waals surface area contributed by atoms with E-state index in [-0.39, 0.29) is 12.1 Å². The van der Waals surface area contributed by atoms with Crippen LogP contribution in [0.25, 0.3) is 0 Å². The van der Waals surface area contributed by atoms with Crippen molar-refractivity contribution in [1.29, 1.82) is 0 Å². The Morgan fingerprint density at radius 3 is 3.18 bits per heavy atom. The number of nitrogens with two attached hydrogens (primary N) is 1. The van der Waals surface area contributed by atoms with Gasteiger partial charge in [0, 0.05) is 0 Å². The van der Waals surface area contributed by atoms with E-state index >= 15 is 0 Å². The van der Waals surface area contributed by atoms with Crippen LogP contribution in [0.5, 0.6) is 0 Å². The number of ether oxygens (including phenoxy) is 1. The molecule has 0 atom stereocenters.